The Hall–Kier alpha value is -1.91. The summed E-state index contributed by atoms with van der Waals surface area (Å²) in [5.74, 6) is 0. The summed E-state index contributed by atoms with van der Waals surface area (Å²) in [6.07, 6.45) is -0.293. The Labute approximate surface area is 115 Å². The number of benzene rings is 2. The molecule has 0 bridgehead atoms. The van der Waals surface area contributed by atoms with E-state index in [1.807, 2.05) is 0 Å². The highest BCUT2D eigenvalue weighted by molar-refractivity contribution is 6.30. The molecule has 2 aromatic rings. The minimum absolute atomic E-state index is 0.0426. The molecule has 98 valence electrons. The molecule has 0 spiro atoms. The predicted octanol–water partition coefficient (Wildman–Crippen LogP) is 3.52. The Balaban J connectivity index is 2.10. The number of hydrogen-bond acceptors (Lipinski definition) is 3. The quantitative estimate of drug-likeness (QED) is 0.687. The number of aliphatic hydroxyl groups is 1. The van der Waals surface area contributed by atoms with Crippen molar-refractivity contribution in [3.63, 3.8) is 0 Å². The first-order chi connectivity index (χ1) is 9.06. The Kier molecular flexibility index (Phi) is 4.14. The van der Waals surface area contributed by atoms with Crippen LogP contribution in [-0.4, -0.2) is 10.0 Å². The standard InChI is InChI=1S/C14H12ClNO3/c15-12-3-1-2-11(9-12)14(17)8-10-4-6-13(7-5-10)16(18)19/h1-7,9,14,17H,8H2. The molecule has 0 saturated carbocycles. The van der Waals surface area contributed by atoms with Crippen LogP contribution in [0.2, 0.25) is 5.02 Å². The van der Waals surface area contributed by atoms with Gasteiger partial charge in [-0.05, 0) is 23.3 Å². The van der Waals surface area contributed by atoms with Gasteiger partial charge >= 0.3 is 0 Å². The Morgan fingerprint density at radius 2 is 1.89 bits per heavy atom. The van der Waals surface area contributed by atoms with E-state index in [-0.39, 0.29) is 5.69 Å². The summed E-state index contributed by atoms with van der Waals surface area (Å²) >= 11 is 5.86. The Morgan fingerprint density at radius 1 is 1.21 bits per heavy atom. The van der Waals surface area contributed by atoms with Crippen molar-refractivity contribution in [3.8, 4) is 0 Å². The summed E-state index contributed by atoms with van der Waals surface area (Å²) in [7, 11) is 0. The molecule has 0 aliphatic rings. The summed E-state index contributed by atoms with van der Waals surface area (Å²) in [6, 6.07) is 13.2. The maximum atomic E-state index is 10.5. The lowest BCUT2D eigenvalue weighted by Gasteiger charge is -2.11. The van der Waals surface area contributed by atoms with Crippen LogP contribution >= 0.6 is 11.6 Å². The number of aliphatic hydroxyl groups excluding tert-OH is 1. The molecule has 19 heavy (non-hydrogen) atoms. The van der Waals surface area contributed by atoms with Gasteiger partial charge < -0.3 is 5.11 Å². The van der Waals surface area contributed by atoms with Crippen molar-refractivity contribution in [3.05, 3.63) is 74.8 Å². The largest absolute Gasteiger partial charge is 0.388 e. The van der Waals surface area contributed by atoms with Gasteiger partial charge in [0.05, 0.1) is 11.0 Å². The fourth-order valence-corrected chi connectivity index (χ4v) is 2.01. The van der Waals surface area contributed by atoms with E-state index in [0.717, 1.165) is 11.1 Å². The van der Waals surface area contributed by atoms with Crippen molar-refractivity contribution in [2.75, 3.05) is 0 Å². The van der Waals surface area contributed by atoms with Gasteiger partial charge in [-0.25, -0.2) is 0 Å². The van der Waals surface area contributed by atoms with Gasteiger partial charge in [-0.3, -0.25) is 10.1 Å². The third-order valence-corrected chi connectivity index (χ3v) is 3.04. The van der Waals surface area contributed by atoms with E-state index < -0.39 is 11.0 Å². The number of rotatable bonds is 4. The minimum atomic E-state index is -0.680. The van der Waals surface area contributed by atoms with Gasteiger partial charge in [0.15, 0.2) is 0 Å². The summed E-state index contributed by atoms with van der Waals surface area (Å²) in [5.41, 5.74) is 1.60. The van der Waals surface area contributed by atoms with Crippen molar-refractivity contribution in [2.24, 2.45) is 0 Å². The number of non-ortho nitro benzene ring substituents is 1. The molecule has 2 aromatic carbocycles. The molecule has 1 N–H and O–H groups in total. The predicted molar refractivity (Wildman–Crippen MR) is 73.2 cm³/mol. The average molecular weight is 278 g/mol. The first kappa shape index (κ1) is 13.5. The van der Waals surface area contributed by atoms with Crippen molar-refractivity contribution in [1.29, 1.82) is 0 Å². The zero-order valence-electron chi connectivity index (χ0n) is 9.99. The molecule has 0 aromatic heterocycles. The highest BCUT2D eigenvalue weighted by Gasteiger charge is 2.10. The number of hydrogen-bond donors (Lipinski definition) is 1. The monoisotopic (exact) mass is 277 g/mol. The smallest absolute Gasteiger partial charge is 0.269 e. The molecule has 5 heteroatoms. The average Bonchev–Trinajstić information content (AvgIpc) is 2.39. The second-order valence-corrected chi connectivity index (χ2v) is 4.63. The van der Waals surface area contributed by atoms with Crippen molar-refractivity contribution < 1.29 is 10.0 Å². The van der Waals surface area contributed by atoms with Crippen LogP contribution in [0.5, 0.6) is 0 Å². The van der Waals surface area contributed by atoms with Gasteiger partial charge in [0.2, 0.25) is 0 Å². The lowest BCUT2D eigenvalue weighted by atomic mass is 10.0. The zero-order chi connectivity index (χ0) is 13.8. The third kappa shape index (κ3) is 3.53. The molecule has 4 nitrogen and oxygen atoms in total. The van der Waals surface area contributed by atoms with Gasteiger partial charge in [0.1, 0.15) is 0 Å². The summed E-state index contributed by atoms with van der Waals surface area (Å²) in [4.78, 5) is 10.1. The van der Waals surface area contributed by atoms with E-state index in [9.17, 15) is 15.2 Å². The van der Waals surface area contributed by atoms with Crippen molar-refractivity contribution in [1.82, 2.24) is 0 Å². The zero-order valence-corrected chi connectivity index (χ0v) is 10.7. The SMILES string of the molecule is O=[N+]([O-])c1ccc(CC(O)c2cccc(Cl)c2)cc1. The Bertz CT molecular complexity index is 583. The van der Waals surface area contributed by atoms with Crippen molar-refractivity contribution in [2.45, 2.75) is 12.5 Å². The minimum Gasteiger partial charge on any atom is -0.388 e. The lowest BCUT2D eigenvalue weighted by molar-refractivity contribution is -0.384. The molecule has 0 fully saturated rings. The number of halogens is 1. The number of nitro benzene ring substituents is 1. The van der Waals surface area contributed by atoms with Crippen LogP contribution in [0.4, 0.5) is 5.69 Å². The van der Waals surface area contributed by atoms with Crippen LogP contribution in [0.25, 0.3) is 0 Å². The fourth-order valence-electron chi connectivity index (χ4n) is 1.81. The molecular formula is C14H12ClNO3. The highest BCUT2D eigenvalue weighted by Crippen LogP contribution is 2.22. The number of nitrogens with zero attached hydrogens (tertiary/aromatic N) is 1. The molecule has 0 saturated heterocycles. The van der Waals surface area contributed by atoms with Crippen LogP contribution in [-0.2, 0) is 6.42 Å². The van der Waals surface area contributed by atoms with Crippen molar-refractivity contribution >= 4 is 17.3 Å². The van der Waals surface area contributed by atoms with Crippen LogP contribution in [0.15, 0.2) is 48.5 Å². The normalized spacial score (nSPS) is 12.1. The van der Waals surface area contributed by atoms with E-state index >= 15 is 0 Å². The first-order valence-corrected chi connectivity index (χ1v) is 6.11. The van der Waals surface area contributed by atoms with Gasteiger partial charge in [-0.1, -0.05) is 35.9 Å². The molecule has 0 heterocycles. The lowest BCUT2D eigenvalue weighted by Crippen LogP contribution is -2.01. The van der Waals surface area contributed by atoms with E-state index in [2.05, 4.69) is 0 Å². The maximum Gasteiger partial charge on any atom is 0.269 e. The van der Waals surface area contributed by atoms with Gasteiger partial charge in [0, 0.05) is 23.6 Å². The topological polar surface area (TPSA) is 63.4 Å². The second-order valence-electron chi connectivity index (χ2n) is 4.20. The summed E-state index contributed by atoms with van der Waals surface area (Å²) < 4.78 is 0. The summed E-state index contributed by atoms with van der Waals surface area (Å²) in [5, 5.41) is 21.2. The molecule has 1 atom stereocenters. The van der Waals surface area contributed by atoms with E-state index in [4.69, 9.17) is 11.6 Å². The Morgan fingerprint density at radius 3 is 2.47 bits per heavy atom. The molecule has 0 radical (unpaired) electrons. The molecule has 1 unspecified atom stereocenters. The fraction of sp³-hybridized carbons (Fsp3) is 0.143. The van der Waals surface area contributed by atoms with Crippen LogP contribution < -0.4 is 0 Å². The van der Waals surface area contributed by atoms with Gasteiger partial charge in [-0.15, -0.1) is 0 Å². The van der Waals surface area contributed by atoms with E-state index in [1.54, 1.807) is 36.4 Å². The third-order valence-electron chi connectivity index (χ3n) is 2.81. The van der Waals surface area contributed by atoms with E-state index in [0.29, 0.717) is 11.4 Å². The maximum absolute atomic E-state index is 10.5. The van der Waals surface area contributed by atoms with Gasteiger partial charge in [-0.2, -0.15) is 0 Å². The van der Waals surface area contributed by atoms with Gasteiger partial charge in [0.25, 0.3) is 5.69 Å². The molecule has 0 amide bonds. The molecule has 0 aliphatic heterocycles. The molecule has 0 aliphatic carbocycles. The van der Waals surface area contributed by atoms with Crippen LogP contribution in [0, 0.1) is 10.1 Å². The second kappa shape index (κ2) is 5.82. The van der Waals surface area contributed by atoms with Crippen LogP contribution in [0.3, 0.4) is 0 Å². The van der Waals surface area contributed by atoms with E-state index in [1.165, 1.54) is 12.1 Å². The first-order valence-electron chi connectivity index (χ1n) is 5.73. The molecule has 2 rings (SSSR count). The number of nitro groups is 1. The molecular weight excluding hydrogens is 266 g/mol. The summed E-state index contributed by atoms with van der Waals surface area (Å²) in [6.45, 7) is 0. The van der Waals surface area contributed by atoms with Crippen LogP contribution in [0.1, 0.15) is 17.2 Å². The highest BCUT2D eigenvalue weighted by atomic mass is 35.5.